The van der Waals surface area contributed by atoms with Crippen LogP contribution in [0.4, 0.5) is 17.1 Å². The van der Waals surface area contributed by atoms with Crippen LogP contribution < -0.4 is 4.90 Å². The van der Waals surface area contributed by atoms with Gasteiger partial charge in [-0.3, -0.25) is 4.79 Å². The first kappa shape index (κ1) is 48.0. The number of benzene rings is 9. The zero-order valence-corrected chi connectivity index (χ0v) is 40.1. The summed E-state index contributed by atoms with van der Waals surface area (Å²) >= 11 is 0. The number of hydrogen-bond donors (Lipinski definition) is 2. The highest BCUT2D eigenvalue weighted by Crippen LogP contribution is 2.39. The fourth-order valence-electron chi connectivity index (χ4n) is 8.58. The fraction of sp³-hybridized carbons (Fsp3) is 0.0303. The Morgan fingerprint density at radius 3 is 1.42 bits per heavy atom. The monoisotopic (exact) mass is 945 g/mol. The minimum Gasteiger partial charge on any atom is -0.486 e. The maximum absolute atomic E-state index is 11.3. The summed E-state index contributed by atoms with van der Waals surface area (Å²) in [5.74, 6) is -2.50. The third-order valence-electron chi connectivity index (χ3n) is 12.7. The molecule has 0 aliphatic carbocycles. The molecule has 0 fully saturated rings. The Balaban J connectivity index is 1.04. The number of carboxylic acids is 2. The van der Waals surface area contributed by atoms with Crippen LogP contribution >= 0.6 is 0 Å². The SMILES string of the molecule is [C-]#[N+]C(=Cc1ccc(C=Cc2ccc3cc(N(c4ccc(C=C(c5ccccc5)c5ccc(C)c(C)c5)cc4)c4ccc5cc(C=Cc6ccc(C=C(C#N)C(=O)O)cc6)ccc5c4)ccc3c2)cc1)C(=O)O. The van der Waals surface area contributed by atoms with Gasteiger partial charge in [-0.15, -0.1) is 0 Å². The molecule has 73 heavy (non-hydrogen) atoms. The number of aryl methyl sites for hydroxylation is 2. The molecule has 0 unspecified atom stereocenters. The number of fused-ring (bicyclic) bond motifs is 2. The first-order valence-corrected chi connectivity index (χ1v) is 23.6. The lowest BCUT2D eigenvalue weighted by Crippen LogP contribution is -2.10. The molecule has 9 aromatic carbocycles. The Morgan fingerprint density at radius 2 is 0.918 bits per heavy atom. The van der Waals surface area contributed by atoms with Crippen LogP contribution in [0.1, 0.15) is 61.2 Å². The highest BCUT2D eigenvalue weighted by molar-refractivity contribution is 5.98. The summed E-state index contributed by atoms with van der Waals surface area (Å²) in [6.07, 6.45) is 13.1. The van der Waals surface area contributed by atoms with E-state index in [9.17, 15) is 19.8 Å². The van der Waals surface area contributed by atoms with Crippen molar-refractivity contribution in [2.75, 3.05) is 4.90 Å². The van der Waals surface area contributed by atoms with Gasteiger partial charge in [0.15, 0.2) is 0 Å². The average Bonchev–Trinajstić information content (AvgIpc) is 3.41. The van der Waals surface area contributed by atoms with Crippen molar-refractivity contribution in [2.45, 2.75) is 13.8 Å². The minimum atomic E-state index is -1.25. The number of hydrogen-bond acceptors (Lipinski definition) is 4. The molecule has 0 saturated heterocycles. The van der Waals surface area contributed by atoms with Gasteiger partial charge in [-0.25, -0.2) is 9.64 Å². The van der Waals surface area contributed by atoms with Crippen LogP contribution in [-0.2, 0) is 9.59 Å². The number of aliphatic carboxylic acids is 2. The van der Waals surface area contributed by atoms with Crippen molar-refractivity contribution in [2.24, 2.45) is 0 Å². The van der Waals surface area contributed by atoms with E-state index < -0.39 is 11.9 Å². The van der Waals surface area contributed by atoms with Gasteiger partial charge in [0.1, 0.15) is 11.6 Å². The summed E-state index contributed by atoms with van der Waals surface area (Å²) < 4.78 is 0. The van der Waals surface area contributed by atoms with Crippen molar-refractivity contribution < 1.29 is 19.8 Å². The highest BCUT2D eigenvalue weighted by atomic mass is 16.4. The Bertz CT molecular complexity index is 3630. The molecular formula is C66H47N3O4. The molecule has 350 valence electrons. The standard InChI is InChI=1S/C66H47N3O4/c1-44-9-26-58(35-45(44)2)63(53-7-5-4-6-8-53)39-51-24-31-60(32-25-51)69(61-33-29-54-36-49(22-27-56(54)41-61)18-12-46-10-16-48(17-11-46)38-59(43-67)65(70)71)62-34-30-55-37-50(23-28-57(55)42-62)19-13-47-14-20-52(21-15-47)40-64(68-3)66(72)73/h4-42H,1-2H3,(H,70,71)(H,72,73). The van der Waals surface area contributed by atoms with E-state index in [-0.39, 0.29) is 11.3 Å². The topological polar surface area (TPSA) is 106 Å². The lowest BCUT2D eigenvalue weighted by atomic mass is 9.93. The van der Waals surface area contributed by atoms with Gasteiger partial charge in [0.2, 0.25) is 0 Å². The molecule has 0 spiro atoms. The van der Waals surface area contributed by atoms with Crippen molar-refractivity contribution in [3.8, 4) is 6.07 Å². The van der Waals surface area contributed by atoms with Gasteiger partial charge in [-0.05, 0) is 169 Å². The van der Waals surface area contributed by atoms with Crippen molar-refractivity contribution in [1.82, 2.24) is 0 Å². The molecule has 0 radical (unpaired) electrons. The molecule has 0 heterocycles. The average molecular weight is 946 g/mol. The molecule has 0 aromatic heterocycles. The van der Waals surface area contributed by atoms with Gasteiger partial charge in [-0.1, -0.05) is 170 Å². The Hall–Kier alpha value is -10.1. The predicted molar refractivity (Wildman–Crippen MR) is 300 cm³/mol. The molecule has 0 aliphatic rings. The summed E-state index contributed by atoms with van der Waals surface area (Å²) in [7, 11) is 0. The zero-order chi connectivity index (χ0) is 50.8. The van der Waals surface area contributed by atoms with Crippen LogP contribution in [0.15, 0.2) is 205 Å². The van der Waals surface area contributed by atoms with Crippen molar-refractivity contribution in [3.05, 3.63) is 278 Å². The predicted octanol–water partition coefficient (Wildman–Crippen LogP) is 16.3. The number of carboxylic acid groups (broad SMARTS) is 2. The second kappa shape index (κ2) is 21.7. The third-order valence-corrected chi connectivity index (χ3v) is 12.7. The van der Waals surface area contributed by atoms with Crippen LogP contribution in [0.5, 0.6) is 0 Å². The number of nitriles is 1. The molecule has 2 N–H and O–H groups in total. The van der Waals surface area contributed by atoms with Gasteiger partial charge < -0.3 is 15.1 Å². The van der Waals surface area contributed by atoms with E-state index in [0.29, 0.717) is 11.1 Å². The minimum absolute atomic E-state index is 0.314. The van der Waals surface area contributed by atoms with Gasteiger partial charge in [-0.2, -0.15) is 5.26 Å². The van der Waals surface area contributed by atoms with Crippen molar-refractivity contribution in [3.63, 3.8) is 0 Å². The summed E-state index contributed by atoms with van der Waals surface area (Å²) in [5, 5.41) is 31.9. The van der Waals surface area contributed by atoms with Gasteiger partial charge >= 0.3 is 11.9 Å². The van der Waals surface area contributed by atoms with Crippen LogP contribution in [0.25, 0.3) is 74.5 Å². The number of rotatable bonds is 14. The number of carbonyl (C=O) groups is 2. The Morgan fingerprint density at radius 1 is 0.466 bits per heavy atom. The summed E-state index contributed by atoms with van der Waals surface area (Å²) in [5.41, 5.74) is 14.7. The van der Waals surface area contributed by atoms with Crippen molar-refractivity contribution >= 4 is 98.7 Å². The normalized spacial score (nSPS) is 12.0. The Kier molecular flexibility index (Phi) is 14.3. The largest absolute Gasteiger partial charge is 0.486 e. The van der Waals surface area contributed by atoms with Crippen LogP contribution in [-0.4, -0.2) is 22.2 Å². The van der Waals surface area contributed by atoms with Crippen LogP contribution in [0.3, 0.4) is 0 Å². The summed E-state index contributed by atoms with van der Waals surface area (Å²) in [4.78, 5) is 28.0. The fourth-order valence-corrected chi connectivity index (χ4v) is 8.58. The highest BCUT2D eigenvalue weighted by Gasteiger charge is 2.16. The first-order chi connectivity index (χ1) is 35.5. The molecule has 0 amide bonds. The summed E-state index contributed by atoms with van der Waals surface area (Å²) in [6.45, 7) is 11.4. The molecular weight excluding hydrogens is 899 g/mol. The summed E-state index contributed by atoms with van der Waals surface area (Å²) in [6, 6.07) is 68.2. The maximum Gasteiger partial charge on any atom is 0.346 e. The smallest absolute Gasteiger partial charge is 0.346 e. The lowest BCUT2D eigenvalue weighted by Gasteiger charge is -2.26. The molecule has 0 bridgehead atoms. The van der Waals surface area contributed by atoms with Gasteiger partial charge in [0.25, 0.3) is 5.70 Å². The second-order valence-corrected chi connectivity index (χ2v) is 17.7. The van der Waals surface area contributed by atoms with E-state index in [1.165, 1.54) is 28.8 Å². The van der Waals surface area contributed by atoms with E-state index in [4.69, 9.17) is 11.8 Å². The van der Waals surface area contributed by atoms with Gasteiger partial charge in [0.05, 0.1) is 6.57 Å². The third kappa shape index (κ3) is 11.5. The van der Waals surface area contributed by atoms with Crippen LogP contribution in [0.2, 0.25) is 0 Å². The van der Waals surface area contributed by atoms with Crippen molar-refractivity contribution in [1.29, 1.82) is 5.26 Å². The molecule has 0 atom stereocenters. The molecule has 9 aromatic rings. The number of anilines is 3. The van der Waals surface area contributed by atoms with E-state index >= 15 is 0 Å². The van der Waals surface area contributed by atoms with E-state index in [1.807, 2.05) is 48.6 Å². The van der Waals surface area contributed by atoms with E-state index in [1.54, 1.807) is 30.3 Å². The Labute approximate surface area is 424 Å². The van der Waals surface area contributed by atoms with E-state index in [2.05, 4.69) is 175 Å². The first-order valence-electron chi connectivity index (χ1n) is 23.6. The number of nitrogens with zero attached hydrogens (tertiary/aromatic N) is 3. The molecule has 0 saturated carbocycles. The van der Waals surface area contributed by atoms with Crippen LogP contribution in [0, 0.1) is 31.8 Å². The molecule has 0 aliphatic heterocycles. The molecule has 7 nitrogen and oxygen atoms in total. The van der Waals surface area contributed by atoms with E-state index in [0.717, 1.165) is 77.6 Å². The second-order valence-electron chi connectivity index (χ2n) is 17.7. The maximum atomic E-state index is 11.3. The zero-order valence-electron chi connectivity index (χ0n) is 40.1. The molecule has 7 heteroatoms. The van der Waals surface area contributed by atoms with Gasteiger partial charge in [0, 0.05) is 17.1 Å². The molecule has 9 rings (SSSR count). The lowest BCUT2D eigenvalue weighted by molar-refractivity contribution is -0.133. The quantitative estimate of drug-likeness (QED) is 0.0487.